The zero-order chi connectivity index (χ0) is 9.42. The number of nitrogens with one attached hydrogen (secondary N) is 1. The summed E-state index contributed by atoms with van der Waals surface area (Å²) < 4.78 is 6.97. The molecular weight excluding hydrogens is 349 g/mol. The van der Waals surface area contributed by atoms with E-state index in [-0.39, 0.29) is 0 Å². The molecule has 0 aliphatic heterocycles. The van der Waals surface area contributed by atoms with E-state index in [2.05, 4.69) is 53.7 Å². The summed E-state index contributed by atoms with van der Waals surface area (Å²) >= 11 is 5.59. The Morgan fingerprint density at radius 2 is 2.38 bits per heavy atom. The minimum atomic E-state index is 0.539. The minimum Gasteiger partial charge on any atom is -0.479 e. The second-order valence-electron chi connectivity index (χ2n) is 2.38. The lowest BCUT2D eigenvalue weighted by Crippen LogP contribution is -1.88. The molecule has 0 saturated heterocycles. The maximum absolute atomic E-state index is 5.08. The Hall–Kier alpha value is -0.370. The average molecular weight is 354 g/mol. The van der Waals surface area contributed by atoms with Gasteiger partial charge in [0, 0.05) is 10.7 Å². The van der Waals surface area contributed by atoms with Gasteiger partial charge < -0.3 is 4.74 Å². The van der Waals surface area contributed by atoms with Crippen molar-refractivity contribution in [1.29, 1.82) is 0 Å². The van der Waals surface area contributed by atoms with Crippen molar-refractivity contribution in [3.8, 4) is 5.88 Å². The number of methoxy groups -OCH3 is 1. The molecule has 0 atom stereocenters. The molecule has 6 heteroatoms. The fourth-order valence-electron chi connectivity index (χ4n) is 1.08. The number of H-pyrrole nitrogens is 1. The molecular formula is C7H5BrIN3O. The van der Waals surface area contributed by atoms with E-state index in [1.807, 2.05) is 0 Å². The van der Waals surface area contributed by atoms with Crippen LogP contribution in [0.3, 0.4) is 0 Å². The number of halogens is 2. The Balaban J connectivity index is 2.87. The van der Waals surface area contributed by atoms with Crippen LogP contribution in [-0.4, -0.2) is 22.3 Å². The van der Waals surface area contributed by atoms with Gasteiger partial charge in [-0.05, 0) is 38.5 Å². The second kappa shape index (κ2) is 3.41. The molecule has 13 heavy (non-hydrogen) atoms. The zero-order valence-electron chi connectivity index (χ0n) is 6.64. The van der Waals surface area contributed by atoms with Gasteiger partial charge in [-0.15, -0.1) is 0 Å². The van der Waals surface area contributed by atoms with Crippen molar-refractivity contribution in [3.05, 3.63) is 14.4 Å². The third-order valence-corrected chi connectivity index (χ3v) is 3.03. The van der Waals surface area contributed by atoms with Gasteiger partial charge in [-0.1, -0.05) is 0 Å². The molecule has 0 aliphatic carbocycles. The lowest BCUT2D eigenvalue weighted by atomic mass is 10.3. The normalized spacial score (nSPS) is 10.7. The van der Waals surface area contributed by atoms with Crippen molar-refractivity contribution >= 4 is 49.4 Å². The summed E-state index contributed by atoms with van der Waals surface area (Å²) in [5.74, 6) is 0.539. The molecule has 2 aromatic heterocycles. The van der Waals surface area contributed by atoms with Gasteiger partial charge in [0.2, 0.25) is 5.88 Å². The molecule has 0 bridgehead atoms. The van der Waals surface area contributed by atoms with Gasteiger partial charge in [-0.3, -0.25) is 5.10 Å². The van der Waals surface area contributed by atoms with E-state index >= 15 is 0 Å². The average Bonchev–Trinajstić information content (AvgIpc) is 2.50. The van der Waals surface area contributed by atoms with E-state index in [0.29, 0.717) is 5.88 Å². The van der Waals surface area contributed by atoms with E-state index < -0.39 is 0 Å². The van der Waals surface area contributed by atoms with Crippen LogP contribution in [0.15, 0.2) is 10.7 Å². The van der Waals surface area contributed by atoms with E-state index in [0.717, 1.165) is 19.1 Å². The van der Waals surface area contributed by atoms with Crippen molar-refractivity contribution in [2.24, 2.45) is 0 Å². The number of rotatable bonds is 1. The summed E-state index contributed by atoms with van der Waals surface area (Å²) in [5.41, 5.74) is 0.751. The molecule has 0 radical (unpaired) electrons. The lowest BCUT2D eigenvalue weighted by molar-refractivity contribution is 0.402. The standard InChI is InChI=1S/C7H5BrIN3O/c1-13-7-5-4(3(8)2-10-7)6(9)12-11-5/h2H,1H3,(H,11,12). The maximum atomic E-state index is 5.08. The van der Waals surface area contributed by atoms with E-state index in [1.165, 1.54) is 0 Å². The van der Waals surface area contributed by atoms with Gasteiger partial charge in [0.1, 0.15) is 3.70 Å². The molecule has 0 aromatic carbocycles. The molecule has 0 fully saturated rings. The van der Waals surface area contributed by atoms with Crippen LogP contribution in [0.25, 0.3) is 10.9 Å². The van der Waals surface area contributed by atoms with Gasteiger partial charge in [-0.2, -0.15) is 5.10 Å². The molecule has 0 unspecified atom stereocenters. The second-order valence-corrected chi connectivity index (χ2v) is 4.31. The van der Waals surface area contributed by atoms with Crippen LogP contribution >= 0.6 is 38.5 Å². The summed E-state index contributed by atoms with van der Waals surface area (Å²) in [5, 5.41) is 7.99. The zero-order valence-corrected chi connectivity index (χ0v) is 10.4. The summed E-state index contributed by atoms with van der Waals surface area (Å²) in [6.45, 7) is 0. The minimum absolute atomic E-state index is 0.539. The van der Waals surface area contributed by atoms with E-state index in [4.69, 9.17) is 4.74 Å². The third-order valence-electron chi connectivity index (χ3n) is 1.65. The van der Waals surface area contributed by atoms with Crippen LogP contribution in [0.5, 0.6) is 5.88 Å². The first-order valence-corrected chi connectivity index (χ1v) is 5.33. The molecule has 1 N–H and O–H groups in total. The monoisotopic (exact) mass is 353 g/mol. The Morgan fingerprint density at radius 3 is 3.08 bits per heavy atom. The van der Waals surface area contributed by atoms with Crippen molar-refractivity contribution in [2.75, 3.05) is 7.11 Å². The van der Waals surface area contributed by atoms with Crippen LogP contribution in [0.2, 0.25) is 0 Å². The Bertz CT molecular complexity index is 456. The first-order valence-electron chi connectivity index (χ1n) is 3.46. The highest BCUT2D eigenvalue weighted by Crippen LogP contribution is 2.30. The van der Waals surface area contributed by atoms with Gasteiger partial charge in [0.05, 0.1) is 12.5 Å². The fourth-order valence-corrected chi connectivity index (χ4v) is 2.61. The molecule has 0 saturated carbocycles. The third kappa shape index (κ3) is 1.41. The quantitative estimate of drug-likeness (QED) is 0.800. The smallest absolute Gasteiger partial charge is 0.242 e. The molecule has 0 amide bonds. The van der Waals surface area contributed by atoms with Crippen molar-refractivity contribution < 1.29 is 4.74 Å². The van der Waals surface area contributed by atoms with Crippen molar-refractivity contribution in [2.45, 2.75) is 0 Å². The van der Waals surface area contributed by atoms with Crippen molar-refractivity contribution in [1.82, 2.24) is 15.2 Å². The first-order chi connectivity index (χ1) is 6.24. The highest BCUT2D eigenvalue weighted by Gasteiger charge is 2.12. The number of hydrogen-bond donors (Lipinski definition) is 1. The van der Waals surface area contributed by atoms with E-state index in [1.54, 1.807) is 13.3 Å². The fraction of sp³-hybridized carbons (Fsp3) is 0.143. The number of ether oxygens (including phenoxy) is 1. The highest BCUT2D eigenvalue weighted by molar-refractivity contribution is 14.1. The van der Waals surface area contributed by atoms with Gasteiger partial charge in [0.15, 0.2) is 5.52 Å². The molecule has 2 heterocycles. The predicted octanol–water partition coefficient (Wildman–Crippen LogP) is 2.33. The number of nitrogens with zero attached hydrogens (tertiary/aromatic N) is 2. The number of aromatic nitrogens is 3. The molecule has 0 spiro atoms. The molecule has 0 aliphatic rings. The van der Waals surface area contributed by atoms with Gasteiger partial charge >= 0.3 is 0 Å². The summed E-state index contributed by atoms with van der Waals surface area (Å²) in [7, 11) is 1.58. The lowest BCUT2D eigenvalue weighted by Gasteiger charge is -1.99. The van der Waals surface area contributed by atoms with Crippen LogP contribution < -0.4 is 4.74 Å². The van der Waals surface area contributed by atoms with Crippen LogP contribution in [0.1, 0.15) is 0 Å². The summed E-state index contributed by atoms with van der Waals surface area (Å²) in [4.78, 5) is 4.08. The summed E-state index contributed by atoms with van der Waals surface area (Å²) in [6.07, 6.45) is 1.71. The number of hydrogen-bond acceptors (Lipinski definition) is 3. The van der Waals surface area contributed by atoms with Crippen LogP contribution in [0.4, 0.5) is 0 Å². The molecule has 2 aromatic rings. The van der Waals surface area contributed by atoms with Gasteiger partial charge in [0.25, 0.3) is 0 Å². The van der Waals surface area contributed by atoms with Crippen LogP contribution in [0, 0.1) is 3.70 Å². The topological polar surface area (TPSA) is 50.8 Å². The molecule has 2 rings (SSSR count). The number of fused-ring (bicyclic) bond motifs is 1. The first kappa shape index (κ1) is 9.20. The maximum Gasteiger partial charge on any atom is 0.242 e. The Labute approximate surface area is 96.3 Å². The summed E-state index contributed by atoms with van der Waals surface area (Å²) in [6, 6.07) is 0. The molecule has 68 valence electrons. The Kier molecular flexibility index (Phi) is 2.41. The SMILES string of the molecule is COc1ncc(Br)c2c(I)[nH]nc12. The number of aromatic amines is 1. The molecule has 4 nitrogen and oxygen atoms in total. The Morgan fingerprint density at radius 1 is 1.62 bits per heavy atom. The van der Waals surface area contributed by atoms with Crippen molar-refractivity contribution in [3.63, 3.8) is 0 Å². The van der Waals surface area contributed by atoms with Crippen LogP contribution in [-0.2, 0) is 0 Å². The van der Waals surface area contributed by atoms with E-state index in [9.17, 15) is 0 Å². The largest absolute Gasteiger partial charge is 0.479 e. The van der Waals surface area contributed by atoms with Gasteiger partial charge in [-0.25, -0.2) is 4.98 Å². The predicted molar refractivity (Wildman–Crippen MR) is 60.9 cm³/mol. The number of pyridine rings is 1. The highest BCUT2D eigenvalue weighted by atomic mass is 127.